The third-order valence-corrected chi connectivity index (χ3v) is 6.73. The molecule has 6 nitrogen and oxygen atoms in total. The van der Waals surface area contributed by atoms with E-state index < -0.39 is 0 Å². The van der Waals surface area contributed by atoms with E-state index in [1.807, 2.05) is 38.1 Å². The van der Waals surface area contributed by atoms with Gasteiger partial charge in [-0.1, -0.05) is 32.0 Å². The topological polar surface area (TPSA) is 68.3 Å². The lowest BCUT2D eigenvalue weighted by Gasteiger charge is -2.20. The van der Waals surface area contributed by atoms with Crippen molar-refractivity contribution < 1.29 is 9.21 Å². The zero-order valence-electron chi connectivity index (χ0n) is 17.7. The Balaban J connectivity index is 1.80. The third-order valence-electron chi connectivity index (χ3n) is 5.63. The number of carbonyl (C=O) groups excluding carboxylic acids is 1. The van der Waals surface area contributed by atoms with Crippen LogP contribution in [0.15, 0.2) is 39.5 Å². The van der Waals surface area contributed by atoms with E-state index in [1.54, 1.807) is 6.07 Å². The van der Waals surface area contributed by atoms with Gasteiger partial charge in [0.25, 0.3) is 5.56 Å². The van der Waals surface area contributed by atoms with E-state index in [0.29, 0.717) is 23.3 Å². The number of furan rings is 1. The number of fused-ring (bicyclic) bond motifs is 2. The maximum Gasteiger partial charge on any atom is 0.263 e. The van der Waals surface area contributed by atoms with Crippen molar-refractivity contribution in [2.24, 2.45) is 0 Å². The molecule has 0 N–H and O–H groups in total. The molecule has 0 saturated heterocycles. The van der Waals surface area contributed by atoms with Crippen molar-refractivity contribution in [3.05, 3.63) is 62.7 Å². The third kappa shape index (κ3) is 3.59. The molecule has 0 aliphatic heterocycles. The molecule has 3 aromatic heterocycles. The van der Waals surface area contributed by atoms with Crippen molar-refractivity contribution in [2.45, 2.75) is 40.8 Å². The molecule has 4 rings (SSSR count). The summed E-state index contributed by atoms with van der Waals surface area (Å²) in [5, 5.41) is 1.48. The Morgan fingerprint density at radius 3 is 2.63 bits per heavy atom. The van der Waals surface area contributed by atoms with Crippen LogP contribution in [0.5, 0.6) is 0 Å². The van der Waals surface area contributed by atoms with Gasteiger partial charge in [-0.25, -0.2) is 4.98 Å². The largest absolute Gasteiger partial charge is 0.453 e. The summed E-state index contributed by atoms with van der Waals surface area (Å²) in [6, 6.07) is 9.23. The average molecular weight is 424 g/mol. The number of ketones is 1. The minimum Gasteiger partial charge on any atom is -0.453 e. The van der Waals surface area contributed by atoms with E-state index in [0.717, 1.165) is 33.7 Å². The molecule has 0 radical (unpaired) electrons. The van der Waals surface area contributed by atoms with Gasteiger partial charge >= 0.3 is 0 Å². The smallest absolute Gasteiger partial charge is 0.263 e. The van der Waals surface area contributed by atoms with Crippen LogP contribution in [0.2, 0.25) is 0 Å². The fourth-order valence-electron chi connectivity index (χ4n) is 3.64. The van der Waals surface area contributed by atoms with Crippen LogP contribution >= 0.6 is 11.3 Å². The number of nitrogens with zero attached hydrogens (tertiary/aromatic N) is 3. The summed E-state index contributed by atoms with van der Waals surface area (Å²) in [7, 11) is 0. The zero-order chi connectivity index (χ0) is 21.4. The van der Waals surface area contributed by atoms with Gasteiger partial charge in [-0.3, -0.25) is 19.1 Å². The maximum atomic E-state index is 13.4. The Labute approximate surface area is 178 Å². The number of benzene rings is 1. The van der Waals surface area contributed by atoms with E-state index in [4.69, 9.17) is 9.40 Å². The number of carbonyl (C=O) groups is 1. The molecule has 1 aromatic carbocycles. The quantitative estimate of drug-likeness (QED) is 0.408. The lowest BCUT2D eigenvalue weighted by Crippen LogP contribution is -2.32. The van der Waals surface area contributed by atoms with Gasteiger partial charge in [0, 0.05) is 10.3 Å². The maximum absolute atomic E-state index is 13.4. The first-order chi connectivity index (χ1) is 14.4. The number of thiophene rings is 1. The Morgan fingerprint density at radius 1 is 1.20 bits per heavy atom. The van der Waals surface area contributed by atoms with E-state index >= 15 is 0 Å². The van der Waals surface area contributed by atoms with Gasteiger partial charge in [-0.15, -0.1) is 11.3 Å². The fourth-order valence-corrected chi connectivity index (χ4v) is 4.68. The number of rotatable bonds is 7. The lowest BCUT2D eigenvalue weighted by molar-refractivity contribution is 0.0943. The Morgan fingerprint density at radius 2 is 1.93 bits per heavy atom. The van der Waals surface area contributed by atoms with Crippen LogP contribution in [0.3, 0.4) is 0 Å². The first kappa shape index (κ1) is 20.5. The van der Waals surface area contributed by atoms with Crippen LogP contribution in [-0.2, 0) is 13.1 Å². The van der Waals surface area contributed by atoms with Gasteiger partial charge in [0.05, 0.1) is 18.5 Å². The molecule has 3 heterocycles. The van der Waals surface area contributed by atoms with Crippen LogP contribution in [0.25, 0.3) is 21.2 Å². The Hall–Kier alpha value is -2.77. The Kier molecular flexibility index (Phi) is 5.58. The molecule has 0 unspecified atom stereocenters. The fraction of sp³-hybridized carbons (Fsp3) is 0.348. The molecular formula is C23H25N3O3S. The molecule has 0 bridgehead atoms. The molecule has 0 fully saturated rings. The van der Waals surface area contributed by atoms with Crippen molar-refractivity contribution in [3.63, 3.8) is 0 Å². The minimum absolute atomic E-state index is 0.0907. The van der Waals surface area contributed by atoms with Gasteiger partial charge < -0.3 is 4.42 Å². The molecule has 156 valence electrons. The van der Waals surface area contributed by atoms with Gasteiger partial charge in [0.15, 0.2) is 5.76 Å². The number of hydrogen-bond acceptors (Lipinski definition) is 6. The van der Waals surface area contributed by atoms with Crippen molar-refractivity contribution >= 4 is 38.3 Å². The van der Waals surface area contributed by atoms with E-state index in [1.165, 1.54) is 15.9 Å². The predicted molar refractivity (Wildman–Crippen MR) is 121 cm³/mol. The standard InChI is InChI=1S/C23H25N3O3S/c1-5-25(6-2)13-20-24-22-21(14(3)15(4)30-22)23(28)26(20)12-17(27)19-11-16-9-7-8-10-18(16)29-19/h7-11H,5-6,12-13H2,1-4H3. The minimum atomic E-state index is -0.236. The molecule has 0 saturated carbocycles. The van der Waals surface area contributed by atoms with Crippen molar-refractivity contribution in [2.75, 3.05) is 13.1 Å². The van der Waals surface area contributed by atoms with Crippen molar-refractivity contribution in [1.82, 2.24) is 14.5 Å². The SMILES string of the molecule is CCN(CC)Cc1nc2sc(C)c(C)c2c(=O)n1CC(=O)c1cc2ccccc2o1. The van der Waals surface area contributed by atoms with E-state index in [-0.39, 0.29) is 23.6 Å². The van der Waals surface area contributed by atoms with Gasteiger partial charge in [-0.05, 0) is 44.6 Å². The molecule has 0 aliphatic carbocycles. The molecule has 0 spiro atoms. The van der Waals surface area contributed by atoms with Crippen LogP contribution < -0.4 is 5.56 Å². The monoisotopic (exact) mass is 423 g/mol. The van der Waals surface area contributed by atoms with Crippen LogP contribution in [0.1, 0.15) is 40.7 Å². The summed E-state index contributed by atoms with van der Waals surface area (Å²) >= 11 is 1.53. The number of para-hydroxylation sites is 1. The second-order valence-electron chi connectivity index (χ2n) is 7.42. The Bertz CT molecular complexity index is 1260. The van der Waals surface area contributed by atoms with Crippen molar-refractivity contribution in [3.8, 4) is 0 Å². The van der Waals surface area contributed by atoms with E-state index in [9.17, 15) is 9.59 Å². The molecular weight excluding hydrogens is 398 g/mol. The van der Waals surface area contributed by atoms with Gasteiger partial charge in [0.1, 0.15) is 16.2 Å². The summed E-state index contributed by atoms with van der Waals surface area (Å²) < 4.78 is 7.25. The summed E-state index contributed by atoms with van der Waals surface area (Å²) in [4.78, 5) is 35.3. The number of hydrogen-bond donors (Lipinski definition) is 0. The van der Waals surface area contributed by atoms with Crippen LogP contribution in [0, 0.1) is 13.8 Å². The predicted octanol–water partition coefficient (Wildman–Crippen LogP) is 4.55. The number of Topliss-reactive ketones (excluding diaryl/α,β-unsaturated/α-hetero) is 1. The summed E-state index contributed by atoms with van der Waals surface area (Å²) in [6.07, 6.45) is 0. The normalized spacial score (nSPS) is 11.8. The first-order valence-corrected chi connectivity index (χ1v) is 11.0. The molecule has 30 heavy (non-hydrogen) atoms. The second kappa shape index (κ2) is 8.16. The highest BCUT2D eigenvalue weighted by molar-refractivity contribution is 7.18. The molecule has 0 aliphatic rings. The van der Waals surface area contributed by atoms with Gasteiger partial charge in [0.2, 0.25) is 5.78 Å². The second-order valence-corrected chi connectivity index (χ2v) is 8.62. The summed E-state index contributed by atoms with van der Waals surface area (Å²) in [6.45, 7) is 10.2. The van der Waals surface area contributed by atoms with Crippen LogP contribution in [-0.4, -0.2) is 33.3 Å². The zero-order valence-corrected chi connectivity index (χ0v) is 18.5. The highest BCUT2D eigenvalue weighted by Gasteiger charge is 2.21. The highest BCUT2D eigenvalue weighted by Crippen LogP contribution is 2.27. The lowest BCUT2D eigenvalue weighted by atomic mass is 10.2. The number of aryl methyl sites for hydroxylation is 2. The summed E-state index contributed by atoms with van der Waals surface area (Å²) in [5.74, 6) is 0.636. The van der Waals surface area contributed by atoms with Crippen LogP contribution in [0.4, 0.5) is 0 Å². The summed E-state index contributed by atoms with van der Waals surface area (Å²) in [5.41, 5.74) is 1.44. The molecule has 0 amide bonds. The van der Waals surface area contributed by atoms with E-state index in [2.05, 4.69) is 18.7 Å². The highest BCUT2D eigenvalue weighted by atomic mass is 32.1. The first-order valence-electron chi connectivity index (χ1n) is 10.2. The molecule has 0 atom stereocenters. The van der Waals surface area contributed by atoms with Gasteiger partial charge in [-0.2, -0.15) is 0 Å². The average Bonchev–Trinajstić information content (AvgIpc) is 3.29. The number of aromatic nitrogens is 2. The van der Waals surface area contributed by atoms with Crippen molar-refractivity contribution in [1.29, 1.82) is 0 Å². The molecule has 7 heteroatoms. The molecule has 4 aromatic rings.